The van der Waals surface area contributed by atoms with E-state index in [0.29, 0.717) is 18.8 Å². The minimum atomic E-state index is -0.494. The molecule has 1 N–H and O–H groups in total. The van der Waals surface area contributed by atoms with Crippen molar-refractivity contribution in [2.24, 2.45) is 7.05 Å². The summed E-state index contributed by atoms with van der Waals surface area (Å²) in [4.78, 5) is 20.3. The van der Waals surface area contributed by atoms with Crippen LogP contribution in [0.3, 0.4) is 0 Å². The summed E-state index contributed by atoms with van der Waals surface area (Å²) in [6.45, 7) is 2.92. The van der Waals surface area contributed by atoms with Gasteiger partial charge in [0.2, 0.25) is 0 Å². The summed E-state index contributed by atoms with van der Waals surface area (Å²) in [6, 6.07) is 1.67. The zero-order valence-electron chi connectivity index (χ0n) is 12.7. The molecule has 1 amide bonds. The number of rotatable bonds is 4. The van der Waals surface area contributed by atoms with E-state index in [-0.39, 0.29) is 5.91 Å². The summed E-state index contributed by atoms with van der Waals surface area (Å²) in [7, 11) is 1.87. The zero-order chi connectivity index (χ0) is 15.6. The molecule has 0 bridgehead atoms. The summed E-state index contributed by atoms with van der Waals surface area (Å²) in [5.74, 6) is -0.218. The van der Waals surface area contributed by atoms with Crippen LogP contribution < -0.4 is 5.32 Å². The lowest BCUT2D eigenvalue weighted by molar-refractivity contribution is 0.00126. The molecule has 0 radical (unpaired) electrons. The van der Waals surface area contributed by atoms with Gasteiger partial charge in [-0.2, -0.15) is 5.10 Å². The number of amides is 1. The highest BCUT2D eigenvalue weighted by atomic mass is 16.5. The Kier molecular flexibility index (Phi) is 3.89. The molecule has 3 rings (SSSR count). The normalized spacial score (nSPS) is 21.0. The number of nitrogens with zero attached hydrogens (tertiary/aromatic N) is 4. The average Bonchev–Trinajstić information content (AvgIpc) is 3.14. The minimum absolute atomic E-state index is 0.218. The summed E-state index contributed by atoms with van der Waals surface area (Å²) >= 11 is 0. The minimum Gasteiger partial charge on any atom is -0.368 e. The number of ether oxygens (including phenoxy) is 1. The van der Waals surface area contributed by atoms with E-state index in [4.69, 9.17) is 4.74 Å². The maximum Gasteiger partial charge on any atom is 0.270 e. The second-order valence-electron chi connectivity index (χ2n) is 5.58. The molecule has 1 fully saturated rings. The number of hydrogen-bond acceptors (Lipinski definition) is 5. The molecule has 1 saturated heterocycles. The first-order valence-corrected chi connectivity index (χ1v) is 7.29. The van der Waals surface area contributed by atoms with Crippen molar-refractivity contribution in [1.29, 1.82) is 0 Å². The van der Waals surface area contributed by atoms with Crippen LogP contribution in [0.25, 0.3) is 0 Å². The molecule has 1 aliphatic heterocycles. The number of carbonyl (C=O) groups is 1. The van der Waals surface area contributed by atoms with Crippen molar-refractivity contribution in [3.63, 3.8) is 0 Å². The Morgan fingerprint density at radius 2 is 2.36 bits per heavy atom. The van der Waals surface area contributed by atoms with Crippen LogP contribution in [-0.2, 0) is 17.4 Å². The molecule has 0 saturated carbocycles. The van der Waals surface area contributed by atoms with Gasteiger partial charge >= 0.3 is 0 Å². The Morgan fingerprint density at radius 1 is 1.50 bits per heavy atom. The predicted octanol–water partition coefficient (Wildman–Crippen LogP) is 0.954. The quantitative estimate of drug-likeness (QED) is 0.909. The van der Waals surface area contributed by atoms with E-state index in [9.17, 15) is 4.79 Å². The van der Waals surface area contributed by atoms with Crippen molar-refractivity contribution in [3.05, 3.63) is 41.7 Å². The molecule has 7 nitrogen and oxygen atoms in total. The molecule has 1 unspecified atom stereocenters. The van der Waals surface area contributed by atoms with Gasteiger partial charge in [-0.15, -0.1) is 0 Å². The highest BCUT2D eigenvalue weighted by molar-refractivity contribution is 5.92. The third-order valence-electron chi connectivity index (χ3n) is 3.91. The molecule has 0 spiro atoms. The summed E-state index contributed by atoms with van der Waals surface area (Å²) < 4.78 is 7.69. The SMILES string of the molecule is Cc1cc(C(=O)NCC2(c3cnn(C)c3)CCCO2)ncn1. The van der Waals surface area contributed by atoms with Gasteiger partial charge in [-0.1, -0.05) is 0 Å². The molecular formula is C15H19N5O2. The Balaban J connectivity index is 1.74. The van der Waals surface area contributed by atoms with Crippen LogP contribution in [0.15, 0.2) is 24.8 Å². The Morgan fingerprint density at radius 3 is 3.00 bits per heavy atom. The fourth-order valence-corrected chi connectivity index (χ4v) is 2.72. The van der Waals surface area contributed by atoms with Gasteiger partial charge in [-0.05, 0) is 25.8 Å². The largest absolute Gasteiger partial charge is 0.368 e. The van der Waals surface area contributed by atoms with Gasteiger partial charge in [-0.25, -0.2) is 9.97 Å². The van der Waals surface area contributed by atoms with E-state index < -0.39 is 5.60 Å². The third kappa shape index (κ3) is 2.85. The van der Waals surface area contributed by atoms with Crippen LogP contribution in [0, 0.1) is 6.92 Å². The summed E-state index contributed by atoms with van der Waals surface area (Å²) in [5.41, 5.74) is 1.63. The van der Waals surface area contributed by atoms with Crippen molar-refractivity contribution in [1.82, 2.24) is 25.1 Å². The molecule has 0 aliphatic carbocycles. The number of aromatic nitrogens is 4. The van der Waals surface area contributed by atoms with Gasteiger partial charge in [-0.3, -0.25) is 9.48 Å². The van der Waals surface area contributed by atoms with Crippen molar-refractivity contribution < 1.29 is 9.53 Å². The molecule has 1 atom stereocenters. The molecule has 7 heteroatoms. The van der Waals surface area contributed by atoms with Crippen molar-refractivity contribution in [3.8, 4) is 0 Å². The molecule has 1 aliphatic rings. The maximum atomic E-state index is 12.3. The first-order valence-electron chi connectivity index (χ1n) is 7.29. The van der Waals surface area contributed by atoms with Crippen LogP contribution in [0.4, 0.5) is 0 Å². The van der Waals surface area contributed by atoms with E-state index in [0.717, 1.165) is 24.1 Å². The maximum absolute atomic E-state index is 12.3. The average molecular weight is 301 g/mol. The van der Waals surface area contributed by atoms with Crippen molar-refractivity contribution >= 4 is 5.91 Å². The topological polar surface area (TPSA) is 81.9 Å². The van der Waals surface area contributed by atoms with Crippen LogP contribution >= 0.6 is 0 Å². The van der Waals surface area contributed by atoms with E-state index >= 15 is 0 Å². The Hall–Kier alpha value is -2.28. The molecule has 3 heterocycles. The van der Waals surface area contributed by atoms with E-state index in [1.165, 1.54) is 6.33 Å². The standard InChI is InChI=1S/C15H19N5O2/c1-11-6-13(18-10-17-11)14(21)16-9-15(4-3-5-22-15)12-7-19-20(2)8-12/h6-8,10H,3-5,9H2,1-2H3,(H,16,21). The lowest BCUT2D eigenvalue weighted by Gasteiger charge is -2.27. The highest BCUT2D eigenvalue weighted by Crippen LogP contribution is 2.35. The van der Waals surface area contributed by atoms with Gasteiger partial charge in [0.1, 0.15) is 17.6 Å². The fraction of sp³-hybridized carbons (Fsp3) is 0.467. The molecule has 2 aromatic heterocycles. The van der Waals surface area contributed by atoms with E-state index in [2.05, 4.69) is 20.4 Å². The Bertz CT molecular complexity index is 676. The zero-order valence-corrected chi connectivity index (χ0v) is 12.7. The molecular weight excluding hydrogens is 282 g/mol. The molecule has 116 valence electrons. The molecule has 0 aromatic carbocycles. The van der Waals surface area contributed by atoms with Crippen molar-refractivity contribution in [2.45, 2.75) is 25.4 Å². The Labute approximate surface area is 128 Å². The first-order chi connectivity index (χ1) is 10.6. The van der Waals surface area contributed by atoms with Gasteiger partial charge in [0.15, 0.2) is 0 Å². The molecule has 2 aromatic rings. The van der Waals surface area contributed by atoms with E-state index in [1.807, 2.05) is 20.2 Å². The number of aryl methyl sites for hydroxylation is 2. The monoisotopic (exact) mass is 301 g/mol. The number of carbonyl (C=O) groups excluding carboxylic acids is 1. The smallest absolute Gasteiger partial charge is 0.270 e. The summed E-state index contributed by atoms with van der Waals surface area (Å²) in [5, 5.41) is 7.13. The van der Waals surface area contributed by atoms with Crippen LogP contribution in [-0.4, -0.2) is 38.8 Å². The second-order valence-corrected chi connectivity index (χ2v) is 5.58. The van der Waals surface area contributed by atoms with Gasteiger partial charge in [0.05, 0.1) is 12.7 Å². The predicted molar refractivity (Wildman–Crippen MR) is 79.2 cm³/mol. The van der Waals surface area contributed by atoms with Gasteiger partial charge in [0, 0.05) is 31.1 Å². The number of hydrogen-bond donors (Lipinski definition) is 1. The van der Waals surface area contributed by atoms with Crippen LogP contribution in [0.5, 0.6) is 0 Å². The first kappa shape index (κ1) is 14.6. The van der Waals surface area contributed by atoms with E-state index in [1.54, 1.807) is 16.9 Å². The highest BCUT2D eigenvalue weighted by Gasteiger charge is 2.38. The lowest BCUT2D eigenvalue weighted by Crippen LogP contribution is -2.40. The van der Waals surface area contributed by atoms with Crippen molar-refractivity contribution in [2.75, 3.05) is 13.2 Å². The van der Waals surface area contributed by atoms with Gasteiger partial charge in [0.25, 0.3) is 5.91 Å². The molecule has 22 heavy (non-hydrogen) atoms. The third-order valence-corrected chi connectivity index (χ3v) is 3.91. The van der Waals surface area contributed by atoms with Crippen LogP contribution in [0.2, 0.25) is 0 Å². The second kappa shape index (κ2) is 5.84. The lowest BCUT2D eigenvalue weighted by atomic mass is 9.93. The fourth-order valence-electron chi connectivity index (χ4n) is 2.72. The van der Waals surface area contributed by atoms with Crippen LogP contribution in [0.1, 0.15) is 34.6 Å². The van der Waals surface area contributed by atoms with Gasteiger partial charge < -0.3 is 10.1 Å². The summed E-state index contributed by atoms with van der Waals surface area (Å²) in [6.07, 6.45) is 6.96. The number of nitrogens with one attached hydrogen (secondary N) is 1.